The summed E-state index contributed by atoms with van der Waals surface area (Å²) in [7, 11) is 0. The van der Waals surface area contributed by atoms with Crippen molar-refractivity contribution >= 4 is 11.7 Å². The Balaban J connectivity index is 2.21. The highest BCUT2D eigenvalue weighted by molar-refractivity contribution is 5.99. The SMILES string of the molecule is CC(=N)N1C2=CC=CCC2c2cccnc21. The van der Waals surface area contributed by atoms with E-state index in [4.69, 9.17) is 5.41 Å². The van der Waals surface area contributed by atoms with Gasteiger partial charge in [0.05, 0.1) is 0 Å². The average molecular weight is 211 g/mol. The Labute approximate surface area is 94.6 Å². The predicted octanol–water partition coefficient (Wildman–Crippen LogP) is 2.83. The second-order valence-electron chi connectivity index (χ2n) is 4.15. The summed E-state index contributed by atoms with van der Waals surface area (Å²) in [4.78, 5) is 6.35. The Hall–Kier alpha value is -1.90. The molecule has 2 heterocycles. The van der Waals surface area contributed by atoms with Gasteiger partial charge in [0.25, 0.3) is 0 Å². The molecule has 1 N–H and O–H groups in total. The number of nitrogens with one attached hydrogen (secondary N) is 1. The van der Waals surface area contributed by atoms with E-state index >= 15 is 0 Å². The molecule has 0 spiro atoms. The molecule has 1 aromatic heterocycles. The fourth-order valence-corrected chi connectivity index (χ4v) is 2.48. The van der Waals surface area contributed by atoms with Crippen LogP contribution in [-0.2, 0) is 0 Å². The molecule has 3 heteroatoms. The van der Waals surface area contributed by atoms with Crippen LogP contribution in [0.5, 0.6) is 0 Å². The maximum absolute atomic E-state index is 7.87. The number of allylic oxidation sites excluding steroid dienone is 4. The lowest BCUT2D eigenvalue weighted by molar-refractivity contribution is 0.822. The topological polar surface area (TPSA) is 40.0 Å². The molecule has 0 bridgehead atoms. The second-order valence-corrected chi connectivity index (χ2v) is 4.15. The van der Waals surface area contributed by atoms with Crippen molar-refractivity contribution in [1.82, 2.24) is 4.98 Å². The Morgan fingerprint density at radius 3 is 3.25 bits per heavy atom. The van der Waals surface area contributed by atoms with Gasteiger partial charge < -0.3 is 0 Å². The molecule has 16 heavy (non-hydrogen) atoms. The van der Waals surface area contributed by atoms with Gasteiger partial charge in [0.1, 0.15) is 11.7 Å². The Morgan fingerprint density at radius 1 is 1.56 bits per heavy atom. The summed E-state index contributed by atoms with van der Waals surface area (Å²) in [5, 5.41) is 7.87. The van der Waals surface area contributed by atoms with Gasteiger partial charge in [0.2, 0.25) is 0 Å². The molecule has 1 aliphatic heterocycles. The van der Waals surface area contributed by atoms with E-state index in [1.807, 2.05) is 11.0 Å². The summed E-state index contributed by atoms with van der Waals surface area (Å²) in [5.41, 5.74) is 2.42. The standard InChI is InChI=1S/C13H13N3/c1-9(14)16-12-7-3-2-5-10(12)11-6-4-8-15-13(11)16/h2-4,6-8,10,14H,5H2,1H3. The molecular formula is C13H13N3. The smallest absolute Gasteiger partial charge is 0.142 e. The minimum Gasteiger partial charge on any atom is -0.288 e. The number of fused-ring (bicyclic) bond motifs is 3. The van der Waals surface area contributed by atoms with Crippen molar-refractivity contribution in [3.8, 4) is 0 Å². The van der Waals surface area contributed by atoms with E-state index < -0.39 is 0 Å². The van der Waals surface area contributed by atoms with E-state index in [0.29, 0.717) is 11.8 Å². The summed E-state index contributed by atoms with van der Waals surface area (Å²) in [6.45, 7) is 1.81. The molecule has 0 fully saturated rings. The molecule has 0 radical (unpaired) electrons. The van der Waals surface area contributed by atoms with Crippen LogP contribution in [0, 0.1) is 5.41 Å². The molecule has 0 saturated heterocycles. The van der Waals surface area contributed by atoms with Crippen LogP contribution in [0.2, 0.25) is 0 Å². The molecular weight excluding hydrogens is 198 g/mol. The van der Waals surface area contributed by atoms with E-state index in [9.17, 15) is 0 Å². The van der Waals surface area contributed by atoms with Crippen LogP contribution in [-0.4, -0.2) is 10.8 Å². The Kier molecular flexibility index (Phi) is 1.93. The van der Waals surface area contributed by atoms with Crippen LogP contribution in [0.25, 0.3) is 0 Å². The second kappa shape index (κ2) is 3.30. The van der Waals surface area contributed by atoms with E-state index in [2.05, 4.69) is 29.3 Å². The Bertz CT molecular complexity index is 514. The molecule has 0 aromatic carbocycles. The third kappa shape index (κ3) is 1.14. The van der Waals surface area contributed by atoms with Crippen LogP contribution in [0.3, 0.4) is 0 Å². The molecule has 0 saturated carbocycles. The first-order valence-electron chi connectivity index (χ1n) is 5.46. The van der Waals surface area contributed by atoms with E-state index in [1.165, 1.54) is 11.3 Å². The van der Waals surface area contributed by atoms with Gasteiger partial charge in [-0.3, -0.25) is 10.3 Å². The van der Waals surface area contributed by atoms with Crippen molar-refractivity contribution in [3.05, 3.63) is 47.8 Å². The maximum Gasteiger partial charge on any atom is 0.142 e. The summed E-state index contributed by atoms with van der Waals surface area (Å²) in [6, 6.07) is 4.08. The molecule has 3 rings (SSSR count). The minimum absolute atomic E-state index is 0.383. The van der Waals surface area contributed by atoms with Gasteiger partial charge in [0.15, 0.2) is 0 Å². The van der Waals surface area contributed by atoms with Gasteiger partial charge in [-0.25, -0.2) is 4.98 Å². The zero-order valence-electron chi connectivity index (χ0n) is 9.14. The molecule has 1 aromatic rings. The van der Waals surface area contributed by atoms with E-state index in [0.717, 1.165) is 12.2 Å². The number of nitrogens with zero attached hydrogens (tertiary/aromatic N) is 2. The van der Waals surface area contributed by atoms with E-state index in [-0.39, 0.29) is 0 Å². The van der Waals surface area contributed by atoms with Crippen molar-refractivity contribution in [2.45, 2.75) is 19.3 Å². The van der Waals surface area contributed by atoms with Crippen molar-refractivity contribution in [2.75, 3.05) is 4.90 Å². The normalized spacial score (nSPS) is 21.4. The monoisotopic (exact) mass is 211 g/mol. The number of rotatable bonds is 0. The van der Waals surface area contributed by atoms with Gasteiger partial charge in [0, 0.05) is 23.4 Å². The van der Waals surface area contributed by atoms with Gasteiger partial charge in [-0.15, -0.1) is 0 Å². The molecule has 1 aliphatic carbocycles. The van der Waals surface area contributed by atoms with Gasteiger partial charge in [-0.05, 0) is 25.5 Å². The number of hydrogen-bond donors (Lipinski definition) is 1. The van der Waals surface area contributed by atoms with Gasteiger partial charge in [-0.1, -0.05) is 18.2 Å². The Morgan fingerprint density at radius 2 is 2.44 bits per heavy atom. The number of amidine groups is 1. The zero-order valence-corrected chi connectivity index (χ0v) is 9.14. The minimum atomic E-state index is 0.383. The number of hydrogen-bond acceptors (Lipinski definition) is 2. The third-order valence-corrected chi connectivity index (χ3v) is 3.13. The lowest BCUT2D eigenvalue weighted by Gasteiger charge is -2.21. The summed E-state index contributed by atoms with van der Waals surface area (Å²) < 4.78 is 0. The number of pyridine rings is 1. The molecule has 2 aliphatic rings. The van der Waals surface area contributed by atoms with Crippen molar-refractivity contribution in [1.29, 1.82) is 5.41 Å². The first-order valence-corrected chi connectivity index (χ1v) is 5.46. The zero-order chi connectivity index (χ0) is 11.1. The van der Waals surface area contributed by atoms with Crippen molar-refractivity contribution in [3.63, 3.8) is 0 Å². The third-order valence-electron chi connectivity index (χ3n) is 3.13. The lowest BCUT2D eigenvalue weighted by atomic mass is 9.93. The molecule has 1 atom stereocenters. The van der Waals surface area contributed by atoms with Crippen molar-refractivity contribution < 1.29 is 0 Å². The van der Waals surface area contributed by atoms with Crippen LogP contribution in [0.4, 0.5) is 5.82 Å². The molecule has 1 unspecified atom stereocenters. The lowest BCUT2D eigenvalue weighted by Crippen LogP contribution is -2.25. The van der Waals surface area contributed by atoms with Gasteiger partial charge in [-0.2, -0.15) is 0 Å². The summed E-state index contributed by atoms with van der Waals surface area (Å²) in [5.74, 6) is 1.84. The first kappa shape index (κ1) is 9.33. The van der Waals surface area contributed by atoms with Crippen LogP contribution in [0.15, 0.2) is 42.3 Å². The predicted molar refractivity (Wildman–Crippen MR) is 64.7 cm³/mol. The van der Waals surface area contributed by atoms with Crippen LogP contribution >= 0.6 is 0 Å². The van der Waals surface area contributed by atoms with E-state index in [1.54, 1.807) is 13.1 Å². The summed E-state index contributed by atoms with van der Waals surface area (Å²) >= 11 is 0. The molecule has 3 nitrogen and oxygen atoms in total. The fraction of sp³-hybridized carbons (Fsp3) is 0.231. The highest BCUT2D eigenvalue weighted by atomic mass is 15.3. The summed E-state index contributed by atoms with van der Waals surface area (Å²) in [6.07, 6.45) is 9.13. The van der Waals surface area contributed by atoms with Crippen LogP contribution in [0.1, 0.15) is 24.8 Å². The fourth-order valence-electron chi connectivity index (χ4n) is 2.48. The average Bonchev–Trinajstić information content (AvgIpc) is 2.63. The quantitative estimate of drug-likeness (QED) is 0.529. The number of anilines is 1. The maximum atomic E-state index is 7.87. The van der Waals surface area contributed by atoms with Crippen LogP contribution < -0.4 is 4.90 Å². The highest BCUT2D eigenvalue weighted by Gasteiger charge is 2.35. The number of aromatic nitrogens is 1. The van der Waals surface area contributed by atoms with Crippen molar-refractivity contribution in [2.24, 2.45) is 0 Å². The van der Waals surface area contributed by atoms with Gasteiger partial charge >= 0.3 is 0 Å². The molecule has 80 valence electrons. The largest absolute Gasteiger partial charge is 0.288 e. The first-order chi connectivity index (χ1) is 7.79. The molecule has 0 amide bonds. The highest BCUT2D eigenvalue weighted by Crippen LogP contribution is 2.45.